The number of nitrogens with zero attached hydrogens (tertiary/aromatic N) is 1. The summed E-state index contributed by atoms with van der Waals surface area (Å²) in [5.41, 5.74) is 2.60. The summed E-state index contributed by atoms with van der Waals surface area (Å²) in [7, 11) is 0. The molecule has 19 heavy (non-hydrogen) atoms. The zero-order valence-electron chi connectivity index (χ0n) is 11.7. The summed E-state index contributed by atoms with van der Waals surface area (Å²) in [6.07, 6.45) is 11.0. The lowest BCUT2D eigenvalue weighted by Gasteiger charge is -2.25. The van der Waals surface area contributed by atoms with Gasteiger partial charge in [-0.2, -0.15) is 0 Å². The van der Waals surface area contributed by atoms with Crippen molar-refractivity contribution in [1.82, 2.24) is 10.3 Å². The Morgan fingerprint density at radius 3 is 2.79 bits per heavy atom. The highest BCUT2D eigenvalue weighted by atomic mass is 79.9. The SMILES string of the molecule is CCNC/C(=C/c1ccc(Br)cn1)C1CCCCC1. The first-order valence-electron chi connectivity index (χ1n) is 7.32. The number of aromatic nitrogens is 1. The lowest BCUT2D eigenvalue weighted by Crippen LogP contribution is -2.22. The predicted octanol–water partition coefficient (Wildman–Crippen LogP) is 4.42. The molecule has 0 unspecified atom stereocenters. The van der Waals surface area contributed by atoms with Crippen LogP contribution < -0.4 is 5.32 Å². The van der Waals surface area contributed by atoms with E-state index in [2.05, 4.69) is 51.4 Å². The van der Waals surface area contributed by atoms with Crippen LogP contribution in [0.1, 0.15) is 44.7 Å². The number of pyridine rings is 1. The lowest BCUT2D eigenvalue weighted by atomic mass is 9.83. The molecule has 0 bridgehead atoms. The molecule has 0 radical (unpaired) electrons. The van der Waals surface area contributed by atoms with Gasteiger partial charge in [0.1, 0.15) is 0 Å². The monoisotopic (exact) mass is 322 g/mol. The van der Waals surface area contributed by atoms with Crippen molar-refractivity contribution in [3.05, 3.63) is 34.1 Å². The molecule has 104 valence electrons. The van der Waals surface area contributed by atoms with Crippen LogP contribution in [0, 0.1) is 5.92 Å². The summed E-state index contributed by atoms with van der Waals surface area (Å²) < 4.78 is 1.04. The van der Waals surface area contributed by atoms with Crippen molar-refractivity contribution in [3.63, 3.8) is 0 Å². The molecule has 0 atom stereocenters. The third kappa shape index (κ3) is 4.73. The fourth-order valence-electron chi connectivity index (χ4n) is 2.72. The number of hydrogen-bond donors (Lipinski definition) is 1. The predicted molar refractivity (Wildman–Crippen MR) is 85.0 cm³/mol. The normalized spacial score (nSPS) is 17.7. The van der Waals surface area contributed by atoms with Crippen LogP contribution in [0.15, 0.2) is 28.4 Å². The van der Waals surface area contributed by atoms with Gasteiger partial charge in [0.05, 0.1) is 5.69 Å². The molecule has 0 saturated heterocycles. The second-order valence-corrected chi connectivity index (χ2v) is 6.15. The minimum absolute atomic E-state index is 0.748. The van der Waals surface area contributed by atoms with Crippen molar-refractivity contribution in [2.24, 2.45) is 5.92 Å². The number of nitrogens with one attached hydrogen (secondary N) is 1. The molecule has 2 nitrogen and oxygen atoms in total. The molecule has 0 amide bonds. The maximum Gasteiger partial charge on any atom is 0.0630 e. The van der Waals surface area contributed by atoms with Crippen molar-refractivity contribution in [2.45, 2.75) is 39.0 Å². The Bertz CT molecular complexity index is 405. The molecule has 1 fully saturated rings. The van der Waals surface area contributed by atoms with Gasteiger partial charge in [-0.1, -0.05) is 31.8 Å². The Kier molecular flexibility index (Phi) is 6.05. The van der Waals surface area contributed by atoms with Gasteiger partial charge < -0.3 is 5.32 Å². The van der Waals surface area contributed by atoms with Gasteiger partial charge in [-0.15, -0.1) is 0 Å². The Hall–Kier alpha value is -0.670. The first kappa shape index (κ1) is 14.7. The summed E-state index contributed by atoms with van der Waals surface area (Å²) >= 11 is 3.43. The molecule has 0 spiro atoms. The topological polar surface area (TPSA) is 24.9 Å². The Morgan fingerprint density at radius 1 is 1.37 bits per heavy atom. The molecular formula is C16H23BrN2. The summed E-state index contributed by atoms with van der Waals surface area (Å²) in [4.78, 5) is 4.47. The zero-order valence-corrected chi connectivity index (χ0v) is 13.2. The van der Waals surface area contributed by atoms with E-state index in [0.717, 1.165) is 29.2 Å². The molecule has 1 aliphatic rings. The van der Waals surface area contributed by atoms with Gasteiger partial charge in [0.2, 0.25) is 0 Å². The summed E-state index contributed by atoms with van der Waals surface area (Å²) in [6, 6.07) is 4.14. The highest BCUT2D eigenvalue weighted by Gasteiger charge is 2.17. The van der Waals surface area contributed by atoms with Crippen molar-refractivity contribution >= 4 is 22.0 Å². The van der Waals surface area contributed by atoms with Crippen LogP contribution in [0.4, 0.5) is 0 Å². The van der Waals surface area contributed by atoms with E-state index in [9.17, 15) is 0 Å². The van der Waals surface area contributed by atoms with Gasteiger partial charge in [0.15, 0.2) is 0 Å². The molecule has 0 aromatic carbocycles. The van der Waals surface area contributed by atoms with Crippen molar-refractivity contribution in [1.29, 1.82) is 0 Å². The fraction of sp³-hybridized carbons (Fsp3) is 0.562. The van der Waals surface area contributed by atoms with Gasteiger partial charge >= 0.3 is 0 Å². The quantitative estimate of drug-likeness (QED) is 0.868. The average molecular weight is 323 g/mol. The molecule has 0 aliphatic heterocycles. The van der Waals surface area contributed by atoms with E-state index in [1.54, 1.807) is 0 Å². The first-order chi connectivity index (χ1) is 9.29. The van der Waals surface area contributed by atoms with Gasteiger partial charge in [0.25, 0.3) is 0 Å². The van der Waals surface area contributed by atoms with E-state index in [4.69, 9.17) is 0 Å². The summed E-state index contributed by atoms with van der Waals surface area (Å²) in [5.74, 6) is 0.748. The number of rotatable bonds is 5. The van der Waals surface area contributed by atoms with Gasteiger partial charge in [-0.05, 0) is 59.4 Å². The molecule has 1 heterocycles. The van der Waals surface area contributed by atoms with Gasteiger partial charge in [-0.25, -0.2) is 0 Å². The molecule has 1 aromatic rings. The van der Waals surface area contributed by atoms with Crippen LogP contribution >= 0.6 is 15.9 Å². The van der Waals surface area contributed by atoms with E-state index in [1.807, 2.05) is 6.20 Å². The number of hydrogen-bond acceptors (Lipinski definition) is 2. The number of halogens is 1. The van der Waals surface area contributed by atoms with E-state index >= 15 is 0 Å². The standard InChI is InChI=1S/C16H23BrN2/c1-2-18-11-14(13-6-4-3-5-7-13)10-16-9-8-15(17)12-19-16/h8-10,12-13,18H,2-7,11H2,1H3/b14-10-. The largest absolute Gasteiger partial charge is 0.313 e. The van der Waals surface area contributed by atoms with Crippen LogP contribution in [0.5, 0.6) is 0 Å². The van der Waals surface area contributed by atoms with E-state index in [0.29, 0.717) is 0 Å². The molecule has 1 aliphatic carbocycles. The summed E-state index contributed by atoms with van der Waals surface area (Å²) in [6.45, 7) is 4.19. The minimum Gasteiger partial charge on any atom is -0.313 e. The van der Waals surface area contributed by atoms with Crippen LogP contribution in [0.2, 0.25) is 0 Å². The molecule has 3 heteroatoms. The van der Waals surface area contributed by atoms with E-state index in [1.165, 1.54) is 37.7 Å². The van der Waals surface area contributed by atoms with Crippen LogP contribution in [0.3, 0.4) is 0 Å². The summed E-state index contributed by atoms with van der Waals surface area (Å²) in [5, 5.41) is 3.47. The molecule has 1 N–H and O–H groups in total. The third-order valence-corrected chi connectivity index (χ3v) is 4.26. The smallest absolute Gasteiger partial charge is 0.0630 e. The minimum atomic E-state index is 0.748. The maximum atomic E-state index is 4.47. The zero-order chi connectivity index (χ0) is 13.5. The Balaban J connectivity index is 2.12. The molecular weight excluding hydrogens is 300 g/mol. The average Bonchev–Trinajstić information content (AvgIpc) is 2.46. The van der Waals surface area contributed by atoms with Crippen LogP contribution in [-0.4, -0.2) is 18.1 Å². The molecule has 2 rings (SSSR count). The number of likely N-dealkylation sites (N-methyl/N-ethyl adjacent to an activating group) is 1. The second kappa shape index (κ2) is 7.81. The van der Waals surface area contributed by atoms with Gasteiger partial charge in [-0.3, -0.25) is 4.98 Å². The van der Waals surface area contributed by atoms with Gasteiger partial charge in [0, 0.05) is 17.2 Å². The highest BCUT2D eigenvalue weighted by Crippen LogP contribution is 2.30. The fourth-order valence-corrected chi connectivity index (χ4v) is 2.95. The molecule has 1 aromatic heterocycles. The van der Waals surface area contributed by atoms with Crippen molar-refractivity contribution in [3.8, 4) is 0 Å². The van der Waals surface area contributed by atoms with Crippen LogP contribution in [0.25, 0.3) is 6.08 Å². The Morgan fingerprint density at radius 2 is 2.16 bits per heavy atom. The third-order valence-electron chi connectivity index (χ3n) is 3.79. The first-order valence-corrected chi connectivity index (χ1v) is 8.11. The van der Waals surface area contributed by atoms with Crippen molar-refractivity contribution in [2.75, 3.05) is 13.1 Å². The van der Waals surface area contributed by atoms with E-state index < -0.39 is 0 Å². The van der Waals surface area contributed by atoms with Crippen molar-refractivity contribution < 1.29 is 0 Å². The Labute approximate surface area is 124 Å². The molecule has 1 saturated carbocycles. The van der Waals surface area contributed by atoms with Crippen LogP contribution in [-0.2, 0) is 0 Å². The second-order valence-electron chi connectivity index (χ2n) is 5.24. The van der Waals surface area contributed by atoms with E-state index in [-0.39, 0.29) is 0 Å². The maximum absolute atomic E-state index is 4.47. The highest BCUT2D eigenvalue weighted by molar-refractivity contribution is 9.10. The lowest BCUT2D eigenvalue weighted by molar-refractivity contribution is 0.397.